The molecule has 0 aromatic heterocycles. The molecule has 2 fully saturated rings. The van der Waals surface area contributed by atoms with E-state index in [0.29, 0.717) is 16.7 Å². The topological polar surface area (TPSA) is 603 Å². The minimum Gasteiger partial charge on any atom is -0.481 e. The molecule has 2 heterocycles. The Morgan fingerprint density at radius 3 is 1.20 bits per heavy atom. The minimum absolute atomic E-state index is 0.0239. The first kappa shape index (κ1) is 83.5. The van der Waals surface area contributed by atoms with Crippen LogP contribution in [0.4, 0.5) is 0 Å². The molecular formula is C68H94N20O17. The molecule has 25 N–H and O–H groups in total. The number of carboxylic acids is 2. The van der Waals surface area contributed by atoms with Crippen molar-refractivity contribution in [3.8, 4) is 0 Å². The Labute approximate surface area is 604 Å². The van der Waals surface area contributed by atoms with E-state index < -0.39 is 169 Å². The predicted molar refractivity (Wildman–Crippen MR) is 378 cm³/mol. The predicted octanol–water partition coefficient (Wildman–Crippen LogP) is -5.08. The first-order valence-corrected chi connectivity index (χ1v) is 34.2. The third-order valence-corrected chi connectivity index (χ3v) is 16.4. The van der Waals surface area contributed by atoms with Crippen LogP contribution in [0.25, 0.3) is 6.08 Å². The van der Waals surface area contributed by atoms with Gasteiger partial charge in [-0.3, -0.25) is 82.7 Å². The van der Waals surface area contributed by atoms with E-state index in [0.717, 1.165) is 0 Å². The molecule has 0 aliphatic carbocycles. The molecule has 9 atom stereocenters. The van der Waals surface area contributed by atoms with Crippen LogP contribution in [-0.4, -0.2) is 205 Å². The number of guanidine groups is 2. The molecule has 2 aliphatic rings. The van der Waals surface area contributed by atoms with Gasteiger partial charge in [0.05, 0.1) is 31.6 Å². The number of carbonyl (C=O) groups is 15. The lowest BCUT2D eigenvalue weighted by molar-refractivity contribution is -0.141. The van der Waals surface area contributed by atoms with Gasteiger partial charge in [0.15, 0.2) is 11.9 Å². The van der Waals surface area contributed by atoms with Gasteiger partial charge in [-0.25, -0.2) is 0 Å². The van der Waals surface area contributed by atoms with Crippen molar-refractivity contribution in [3.63, 3.8) is 0 Å². The highest BCUT2D eigenvalue weighted by Gasteiger charge is 2.36. The highest BCUT2D eigenvalue weighted by Crippen LogP contribution is 2.14. The number of amides is 13. The Hall–Kier alpha value is -12.2. The number of rotatable bonds is 33. The lowest BCUT2D eigenvalue weighted by Crippen LogP contribution is -2.58. The fourth-order valence-electron chi connectivity index (χ4n) is 10.9. The van der Waals surface area contributed by atoms with Crippen molar-refractivity contribution in [1.82, 2.24) is 79.8 Å². The van der Waals surface area contributed by atoms with Gasteiger partial charge in [0.1, 0.15) is 54.4 Å². The maximum atomic E-state index is 14.3. The van der Waals surface area contributed by atoms with E-state index in [1.54, 1.807) is 91.0 Å². The smallest absolute Gasteiger partial charge is 0.305 e. The van der Waals surface area contributed by atoms with Crippen LogP contribution in [0.15, 0.2) is 96.7 Å². The zero-order chi connectivity index (χ0) is 76.8. The molecule has 37 heteroatoms. The second-order valence-corrected chi connectivity index (χ2v) is 24.8. The number of carbonyl (C=O) groups excluding carboxylic acids is 13. The third kappa shape index (κ3) is 31.7. The van der Waals surface area contributed by atoms with Crippen molar-refractivity contribution in [2.75, 3.05) is 39.3 Å². The molecule has 2 aliphatic heterocycles. The maximum absolute atomic E-state index is 14.3. The van der Waals surface area contributed by atoms with E-state index in [-0.39, 0.29) is 134 Å². The van der Waals surface area contributed by atoms with Gasteiger partial charge in [0, 0.05) is 45.4 Å². The summed E-state index contributed by atoms with van der Waals surface area (Å²) in [5.74, 6) is -15.1. The van der Waals surface area contributed by atoms with E-state index in [9.17, 15) is 82.1 Å². The lowest BCUT2D eigenvalue weighted by atomic mass is 10.0. The summed E-state index contributed by atoms with van der Waals surface area (Å²) >= 11 is 0. The van der Waals surface area contributed by atoms with Gasteiger partial charge in [-0.05, 0) is 93.4 Å². The number of hydrogen-bond donors (Lipinski definition) is 22. The van der Waals surface area contributed by atoms with Gasteiger partial charge in [0.25, 0.3) is 5.91 Å². The number of hydrogen-bond acceptors (Lipinski definition) is 18. The van der Waals surface area contributed by atoms with E-state index in [1.807, 2.05) is 0 Å². The van der Waals surface area contributed by atoms with Crippen molar-refractivity contribution in [1.29, 1.82) is 10.8 Å². The Morgan fingerprint density at radius 2 is 0.790 bits per heavy atom. The highest BCUT2D eigenvalue weighted by molar-refractivity contribution is 6.01. The summed E-state index contributed by atoms with van der Waals surface area (Å²) in [4.78, 5) is 203. The fourth-order valence-corrected chi connectivity index (χ4v) is 10.9. The Balaban J connectivity index is 1.31. The molecule has 13 amide bonds. The molecule has 1 unspecified atom stereocenters. The molecule has 5 rings (SSSR count). The molecule has 0 saturated carbocycles. The van der Waals surface area contributed by atoms with Crippen LogP contribution in [-0.2, 0) is 84.8 Å². The fraction of sp³-hybridized carbons (Fsp3) is 0.456. The standard InChI is InChI=1S/C68H94N20O17/c69-42(32-39-16-4-1-5-17-39)57(96)82-47(58(97)75-29-13-11-23-46-62(101)84-44(25-15-31-77-68(72)73)60(99)79-38-54(91)81-51(36-56(94)95)66(105)88-49(64(103)86-46)34-41-20-8-3-9-21-41)26-27-52(89)74-28-12-10-22-45-61(100)83-43(24-14-30-76-67(70)71)59(98)78-37-53(90)80-50(35-55(92)93)65(104)87-48(63(102)85-45)33-40-18-6-2-7-19-40/h1-9,16-21,32,43-51H,10-15,22-31,33-38,69H2,(H,74,89)(H,75,97)(H,78,98)(H,79,99)(H,80,90)(H,81,91)(H,82,96)(H,83,100)(H,84,101)(H,85,102)(H,86,103)(H,87,104)(H,88,105)(H,92,93)(H,94,95)(H4,70,71,76)(H4,72,73,77)/b42-32-/t43-,44-,45-,46-,47?,48+,49+,50-,51-/m0/s1. The van der Waals surface area contributed by atoms with Crippen molar-refractivity contribution >= 4 is 107 Å². The Kier molecular flexibility index (Phi) is 35.2. The molecule has 0 radical (unpaired) electrons. The molecule has 37 nitrogen and oxygen atoms in total. The molecule has 0 spiro atoms. The third-order valence-electron chi connectivity index (χ3n) is 16.4. The SMILES string of the molecule is N=C(N)NCCC[C@@H]1NC(=O)[C@H](CCCCNC(=O)CCC(NC(=O)/C(N)=C/c2ccccc2)C(=O)NCCCC[C@@H]2NC(=O)[C@@H](Cc3ccccc3)NC(=O)[C@H](CC(=O)O)NC(=O)CNC(=O)[C@H](CCCNC(=N)N)NC2=O)NC(=O)[C@@H](Cc2ccccc2)NC(=O)[C@H](CC(=O)O)NC(=O)CNC1=O. The van der Waals surface area contributed by atoms with Gasteiger partial charge >= 0.3 is 11.9 Å². The number of benzene rings is 3. The van der Waals surface area contributed by atoms with Crippen molar-refractivity contribution in [3.05, 3.63) is 113 Å². The van der Waals surface area contributed by atoms with Gasteiger partial charge in [0.2, 0.25) is 70.9 Å². The lowest BCUT2D eigenvalue weighted by Gasteiger charge is -2.26. The average molecular weight is 1460 g/mol. The van der Waals surface area contributed by atoms with Crippen LogP contribution in [0.2, 0.25) is 0 Å². The van der Waals surface area contributed by atoms with Crippen molar-refractivity contribution < 1.29 is 82.1 Å². The average Bonchev–Trinajstić information content (AvgIpc) is 1.72. The molecular weight excluding hydrogens is 1370 g/mol. The number of unbranched alkanes of at least 4 members (excludes halogenated alkanes) is 2. The van der Waals surface area contributed by atoms with Gasteiger partial charge in [-0.15, -0.1) is 0 Å². The van der Waals surface area contributed by atoms with Gasteiger partial charge < -0.3 is 107 Å². The molecule has 3 aromatic rings. The Bertz CT molecular complexity index is 3590. The van der Waals surface area contributed by atoms with E-state index >= 15 is 0 Å². The zero-order valence-corrected chi connectivity index (χ0v) is 57.7. The van der Waals surface area contributed by atoms with Crippen LogP contribution < -0.4 is 97.0 Å². The number of carboxylic acid groups (broad SMARTS) is 2. The van der Waals surface area contributed by atoms with Crippen LogP contribution in [0.3, 0.4) is 0 Å². The minimum atomic E-state index is -1.71. The van der Waals surface area contributed by atoms with Gasteiger partial charge in [-0.2, -0.15) is 0 Å². The van der Waals surface area contributed by atoms with Crippen molar-refractivity contribution in [2.45, 2.75) is 157 Å². The second kappa shape index (κ2) is 44.2. The van der Waals surface area contributed by atoms with Crippen LogP contribution in [0.1, 0.15) is 107 Å². The summed E-state index contributed by atoms with van der Waals surface area (Å²) < 4.78 is 0. The number of aliphatic carboxylic acids is 2. The summed E-state index contributed by atoms with van der Waals surface area (Å²) in [5.41, 5.74) is 18.4. The molecule has 0 bridgehead atoms. The molecule has 3 aromatic carbocycles. The number of nitrogens with two attached hydrogens (primary N) is 3. The highest BCUT2D eigenvalue weighted by atomic mass is 16.4. The number of nitrogens with one attached hydrogen (secondary N) is 17. The Morgan fingerprint density at radius 1 is 0.438 bits per heavy atom. The zero-order valence-electron chi connectivity index (χ0n) is 57.7. The maximum Gasteiger partial charge on any atom is 0.305 e. The normalized spacial score (nSPS) is 20.6. The largest absolute Gasteiger partial charge is 0.481 e. The second-order valence-electron chi connectivity index (χ2n) is 24.8. The molecule has 568 valence electrons. The summed E-state index contributed by atoms with van der Waals surface area (Å²) in [6.07, 6.45) is -0.991. The van der Waals surface area contributed by atoms with Crippen LogP contribution in [0, 0.1) is 10.8 Å². The monoisotopic (exact) mass is 1460 g/mol. The quantitative estimate of drug-likeness (QED) is 0.0117. The molecule has 105 heavy (non-hydrogen) atoms. The first-order valence-electron chi connectivity index (χ1n) is 34.2. The summed E-state index contributed by atoms with van der Waals surface area (Å²) in [6, 6.07) is 12.1. The summed E-state index contributed by atoms with van der Waals surface area (Å²) in [6.45, 7) is -1.43. The summed E-state index contributed by atoms with van der Waals surface area (Å²) in [5, 5.41) is 72.4. The first-order chi connectivity index (χ1) is 50.1. The van der Waals surface area contributed by atoms with E-state index in [1.165, 1.54) is 6.08 Å². The van der Waals surface area contributed by atoms with Crippen LogP contribution in [0.5, 0.6) is 0 Å². The molecule has 2 saturated heterocycles. The van der Waals surface area contributed by atoms with Crippen LogP contribution >= 0.6 is 0 Å². The summed E-state index contributed by atoms with van der Waals surface area (Å²) in [7, 11) is 0. The van der Waals surface area contributed by atoms with Gasteiger partial charge in [-0.1, -0.05) is 91.0 Å². The van der Waals surface area contributed by atoms with E-state index in [4.69, 9.17) is 28.0 Å². The van der Waals surface area contributed by atoms with Crippen molar-refractivity contribution in [2.24, 2.45) is 17.2 Å². The van der Waals surface area contributed by atoms with E-state index in [2.05, 4.69) is 79.8 Å².